The minimum atomic E-state index is 0.152. The molecule has 0 heterocycles. The standard InChI is InChI=1S/C17H18N2O4/c1-21-15-8-12(9-16(22-2)17(15)23-3)10-18-19-11-13-6-4-5-7-14(13)20/h4-11,20H,1-3H3/b18-10?,19-11+. The van der Waals surface area contributed by atoms with E-state index in [1.807, 2.05) is 6.07 Å². The fraction of sp³-hybridized carbons (Fsp3) is 0.176. The number of phenols is 1. The van der Waals surface area contributed by atoms with Crippen LogP contribution in [0.15, 0.2) is 46.6 Å². The third-order valence-corrected chi connectivity index (χ3v) is 3.09. The molecule has 23 heavy (non-hydrogen) atoms. The average Bonchev–Trinajstić information content (AvgIpc) is 2.59. The van der Waals surface area contributed by atoms with Gasteiger partial charge in [0, 0.05) is 11.1 Å². The van der Waals surface area contributed by atoms with Gasteiger partial charge >= 0.3 is 0 Å². The van der Waals surface area contributed by atoms with Crippen molar-refractivity contribution >= 4 is 12.4 Å². The van der Waals surface area contributed by atoms with Crippen LogP contribution in [0, 0.1) is 0 Å². The zero-order valence-electron chi connectivity index (χ0n) is 13.2. The van der Waals surface area contributed by atoms with E-state index in [-0.39, 0.29) is 5.75 Å². The molecule has 2 aromatic rings. The van der Waals surface area contributed by atoms with Gasteiger partial charge in [0.1, 0.15) is 5.75 Å². The Morgan fingerprint density at radius 2 is 1.48 bits per heavy atom. The van der Waals surface area contributed by atoms with E-state index in [4.69, 9.17) is 14.2 Å². The van der Waals surface area contributed by atoms with Crippen molar-refractivity contribution in [3.05, 3.63) is 47.5 Å². The van der Waals surface area contributed by atoms with Gasteiger partial charge in [0.2, 0.25) is 5.75 Å². The molecule has 6 heteroatoms. The third-order valence-electron chi connectivity index (χ3n) is 3.09. The molecule has 1 N–H and O–H groups in total. The van der Waals surface area contributed by atoms with E-state index >= 15 is 0 Å². The van der Waals surface area contributed by atoms with Gasteiger partial charge in [-0.3, -0.25) is 0 Å². The number of para-hydroxylation sites is 1. The van der Waals surface area contributed by atoms with Crippen molar-refractivity contribution < 1.29 is 19.3 Å². The Bertz CT molecular complexity index is 701. The van der Waals surface area contributed by atoms with Gasteiger partial charge in [-0.05, 0) is 24.3 Å². The van der Waals surface area contributed by atoms with Crippen LogP contribution < -0.4 is 14.2 Å². The summed E-state index contributed by atoms with van der Waals surface area (Å²) >= 11 is 0. The van der Waals surface area contributed by atoms with E-state index in [0.717, 1.165) is 5.56 Å². The minimum Gasteiger partial charge on any atom is -0.507 e. The first-order valence-corrected chi connectivity index (χ1v) is 6.84. The number of nitrogens with zero attached hydrogens (tertiary/aromatic N) is 2. The van der Waals surface area contributed by atoms with Gasteiger partial charge in [0.15, 0.2) is 11.5 Å². The molecule has 0 saturated carbocycles. The molecule has 0 aliphatic carbocycles. The molecule has 0 aliphatic heterocycles. The predicted molar refractivity (Wildman–Crippen MR) is 89.4 cm³/mol. The van der Waals surface area contributed by atoms with Crippen molar-refractivity contribution in [1.29, 1.82) is 0 Å². The lowest BCUT2D eigenvalue weighted by molar-refractivity contribution is 0.324. The van der Waals surface area contributed by atoms with E-state index in [9.17, 15) is 5.11 Å². The maximum absolute atomic E-state index is 9.63. The molecular weight excluding hydrogens is 296 g/mol. The zero-order valence-corrected chi connectivity index (χ0v) is 13.2. The lowest BCUT2D eigenvalue weighted by Crippen LogP contribution is -1.96. The van der Waals surface area contributed by atoms with Crippen LogP contribution in [0.3, 0.4) is 0 Å². The number of benzene rings is 2. The van der Waals surface area contributed by atoms with E-state index in [0.29, 0.717) is 22.8 Å². The van der Waals surface area contributed by atoms with Gasteiger partial charge in [-0.15, -0.1) is 0 Å². The van der Waals surface area contributed by atoms with Gasteiger partial charge < -0.3 is 19.3 Å². The van der Waals surface area contributed by atoms with Gasteiger partial charge in [0.25, 0.3) is 0 Å². The van der Waals surface area contributed by atoms with Crippen molar-refractivity contribution in [3.8, 4) is 23.0 Å². The first-order chi connectivity index (χ1) is 11.2. The Balaban J connectivity index is 2.21. The molecule has 0 radical (unpaired) electrons. The van der Waals surface area contributed by atoms with Crippen LogP contribution in [0.5, 0.6) is 23.0 Å². The van der Waals surface area contributed by atoms with Crippen LogP contribution in [0.1, 0.15) is 11.1 Å². The summed E-state index contributed by atoms with van der Waals surface area (Å²) in [4.78, 5) is 0. The molecule has 0 spiro atoms. The average molecular weight is 314 g/mol. The summed E-state index contributed by atoms with van der Waals surface area (Å²) in [5.74, 6) is 1.75. The molecule has 0 fully saturated rings. The molecule has 120 valence electrons. The highest BCUT2D eigenvalue weighted by Gasteiger charge is 2.12. The lowest BCUT2D eigenvalue weighted by Gasteiger charge is -2.12. The summed E-state index contributed by atoms with van der Waals surface area (Å²) < 4.78 is 15.8. The fourth-order valence-corrected chi connectivity index (χ4v) is 1.97. The number of rotatable bonds is 6. The topological polar surface area (TPSA) is 72.6 Å². The number of hydrogen-bond acceptors (Lipinski definition) is 6. The molecule has 0 saturated heterocycles. The second kappa shape index (κ2) is 7.84. The minimum absolute atomic E-state index is 0.152. The Kier molecular flexibility index (Phi) is 5.57. The number of phenolic OH excluding ortho intramolecular Hbond substituents is 1. The second-order valence-electron chi connectivity index (χ2n) is 4.51. The molecule has 0 atom stereocenters. The van der Waals surface area contributed by atoms with Crippen LogP contribution in [-0.4, -0.2) is 38.9 Å². The van der Waals surface area contributed by atoms with Crippen LogP contribution >= 0.6 is 0 Å². The Morgan fingerprint density at radius 1 is 0.870 bits per heavy atom. The monoisotopic (exact) mass is 314 g/mol. The second-order valence-corrected chi connectivity index (χ2v) is 4.51. The summed E-state index contributed by atoms with van der Waals surface area (Å²) in [7, 11) is 4.65. The molecule has 0 aromatic heterocycles. The molecule has 2 aromatic carbocycles. The van der Waals surface area contributed by atoms with Gasteiger partial charge in [-0.2, -0.15) is 10.2 Å². The zero-order chi connectivity index (χ0) is 16.7. The molecule has 0 amide bonds. The van der Waals surface area contributed by atoms with E-state index in [1.165, 1.54) is 6.21 Å². The normalized spacial score (nSPS) is 11.1. The number of methoxy groups -OCH3 is 3. The van der Waals surface area contributed by atoms with E-state index < -0.39 is 0 Å². The van der Waals surface area contributed by atoms with Crippen LogP contribution in [0.2, 0.25) is 0 Å². The summed E-state index contributed by atoms with van der Waals surface area (Å²) in [6.07, 6.45) is 3.03. The SMILES string of the molecule is COc1cc(C=N/N=C/c2ccccc2O)cc(OC)c1OC. The van der Waals surface area contributed by atoms with Gasteiger partial charge in [0.05, 0.1) is 33.8 Å². The summed E-state index contributed by atoms with van der Waals surface area (Å²) in [6, 6.07) is 10.4. The van der Waals surface area contributed by atoms with Gasteiger partial charge in [-0.1, -0.05) is 12.1 Å². The highest BCUT2D eigenvalue weighted by atomic mass is 16.5. The maximum Gasteiger partial charge on any atom is 0.203 e. The predicted octanol–water partition coefficient (Wildman–Crippen LogP) is 2.87. The molecular formula is C17H18N2O4. The molecule has 0 unspecified atom stereocenters. The highest BCUT2D eigenvalue weighted by Crippen LogP contribution is 2.37. The number of aromatic hydroxyl groups is 1. The summed E-state index contributed by atoms with van der Waals surface area (Å²) in [6.45, 7) is 0. The smallest absolute Gasteiger partial charge is 0.203 e. The van der Waals surface area contributed by atoms with Crippen molar-refractivity contribution in [2.24, 2.45) is 10.2 Å². The largest absolute Gasteiger partial charge is 0.507 e. The van der Waals surface area contributed by atoms with Crippen LogP contribution in [-0.2, 0) is 0 Å². The Labute approximate surface area is 134 Å². The van der Waals surface area contributed by atoms with E-state index in [1.54, 1.807) is 57.9 Å². The van der Waals surface area contributed by atoms with E-state index in [2.05, 4.69) is 10.2 Å². The fourth-order valence-electron chi connectivity index (χ4n) is 1.97. The molecule has 6 nitrogen and oxygen atoms in total. The van der Waals surface area contributed by atoms with Crippen LogP contribution in [0.25, 0.3) is 0 Å². The summed E-state index contributed by atoms with van der Waals surface area (Å²) in [5.41, 5.74) is 1.34. The Morgan fingerprint density at radius 3 is 2.04 bits per heavy atom. The van der Waals surface area contributed by atoms with Crippen molar-refractivity contribution in [1.82, 2.24) is 0 Å². The molecule has 2 rings (SSSR count). The lowest BCUT2D eigenvalue weighted by atomic mass is 10.2. The maximum atomic E-state index is 9.63. The first-order valence-electron chi connectivity index (χ1n) is 6.84. The quantitative estimate of drug-likeness (QED) is 0.657. The first kappa shape index (κ1) is 16.4. The molecule has 0 aliphatic rings. The van der Waals surface area contributed by atoms with Crippen molar-refractivity contribution in [2.45, 2.75) is 0 Å². The highest BCUT2D eigenvalue weighted by molar-refractivity contribution is 5.85. The van der Waals surface area contributed by atoms with Gasteiger partial charge in [-0.25, -0.2) is 0 Å². The molecule has 0 bridgehead atoms. The Hall–Kier alpha value is -3.02. The number of ether oxygens (including phenoxy) is 3. The van der Waals surface area contributed by atoms with Crippen molar-refractivity contribution in [2.75, 3.05) is 21.3 Å². The third kappa shape index (κ3) is 4.00. The van der Waals surface area contributed by atoms with Crippen LogP contribution in [0.4, 0.5) is 0 Å². The number of hydrogen-bond donors (Lipinski definition) is 1. The summed E-state index contributed by atoms with van der Waals surface area (Å²) in [5, 5.41) is 17.5. The van der Waals surface area contributed by atoms with Crippen molar-refractivity contribution in [3.63, 3.8) is 0 Å².